The van der Waals surface area contributed by atoms with Gasteiger partial charge in [0.1, 0.15) is 17.7 Å². The Morgan fingerprint density at radius 1 is 1.44 bits per heavy atom. The molecule has 18 heavy (non-hydrogen) atoms. The summed E-state index contributed by atoms with van der Waals surface area (Å²) >= 11 is 1.37. The first-order chi connectivity index (χ1) is 7.70. The molecular weight excluding hydrogens is 297 g/mol. The number of thiazole rings is 1. The van der Waals surface area contributed by atoms with Crippen LogP contribution in [0.4, 0.5) is 5.13 Å². The Kier molecular flexibility index (Phi) is 6.45. The predicted molar refractivity (Wildman–Crippen MR) is 78.6 cm³/mol. The Balaban J connectivity index is 0.00000144. The first kappa shape index (κ1) is 16.5. The van der Waals surface area contributed by atoms with E-state index in [2.05, 4.69) is 20.4 Å². The highest BCUT2D eigenvalue weighted by atomic mass is 35.5. The van der Waals surface area contributed by atoms with Gasteiger partial charge >= 0.3 is 0 Å². The summed E-state index contributed by atoms with van der Waals surface area (Å²) in [5, 5.41) is 2.39. The number of nitrogens with two attached hydrogens (primary N) is 2. The monoisotopic (exact) mass is 309 g/mol. The van der Waals surface area contributed by atoms with Crippen LogP contribution >= 0.6 is 36.2 Å². The molecule has 0 spiro atoms. The largest absolute Gasteiger partial charge is 0.370 e. The second kappa shape index (κ2) is 7.04. The van der Waals surface area contributed by atoms with Gasteiger partial charge in [-0.1, -0.05) is 0 Å². The Morgan fingerprint density at radius 3 is 2.78 bits per heavy atom. The molecule has 0 bridgehead atoms. The zero-order chi connectivity index (χ0) is 11.5. The van der Waals surface area contributed by atoms with Crippen molar-refractivity contribution in [2.75, 3.05) is 12.5 Å². The number of aromatic nitrogens is 3. The fraction of sp³-hybridized carbons (Fsp3) is 0.125. The van der Waals surface area contributed by atoms with E-state index in [4.69, 9.17) is 11.5 Å². The van der Waals surface area contributed by atoms with Crippen LogP contribution in [-0.4, -0.2) is 27.7 Å². The molecule has 0 atom stereocenters. The van der Waals surface area contributed by atoms with E-state index < -0.39 is 0 Å². The Morgan fingerprint density at radius 2 is 2.17 bits per heavy atom. The minimum Gasteiger partial charge on any atom is -0.370 e. The maximum Gasteiger partial charge on any atom is 0.212 e. The lowest BCUT2D eigenvalue weighted by atomic mass is 10.4. The van der Waals surface area contributed by atoms with E-state index >= 15 is 0 Å². The van der Waals surface area contributed by atoms with Crippen molar-refractivity contribution in [3.8, 4) is 11.4 Å². The lowest BCUT2D eigenvalue weighted by Crippen LogP contribution is -2.21. The minimum absolute atomic E-state index is 0. The van der Waals surface area contributed by atoms with Crippen LogP contribution in [0.15, 0.2) is 22.9 Å². The fourth-order valence-electron chi connectivity index (χ4n) is 1.21. The number of hydrogen-bond donors (Lipinski definition) is 3. The smallest absolute Gasteiger partial charge is 0.212 e. The highest BCUT2D eigenvalue weighted by Crippen LogP contribution is 2.25. The van der Waals surface area contributed by atoms with Gasteiger partial charge < -0.3 is 16.9 Å². The summed E-state index contributed by atoms with van der Waals surface area (Å²) < 4.78 is 1.76. The summed E-state index contributed by atoms with van der Waals surface area (Å²) in [6.45, 7) is 0. The molecule has 0 saturated heterocycles. The van der Waals surface area contributed by atoms with Gasteiger partial charge in [-0.15, -0.1) is 36.2 Å². The van der Waals surface area contributed by atoms with Crippen molar-refractivity contribution in [2.45, 2.75) is 0 Å². The molecule has 0 unspecified atom stereocenters. The van der Waals surface area contributed by atoms with Gasteiger partial charge in [-0.25, -0.2) is 14.6 Å². The third-order valence-electron chi connectivity index (χ3n) is 1.86. The highest BCUT2D eigenvalue weighted by Gasteiger charge is 2.08. The van der Waals surface area contributed by atoms with Gasteiger partial charge in [0, 0.05) is 12.4 Å². The van der Waals surface area contributed by atoms with Gasteiger partial charge in [0.15, 0.2) is 5.96 Å². The molecule has 0 fully saturated rings. The van der Waals surface area contributed by atoms with Crippen molar-refractivity contribution in [2.24, 2.45) is 16.5 Å². The van der Waals surface area contributed by atoms with Crippen LogP contribution in [0.2, 0.25) is 0 Å². The minimum atomic E-state index is 0. The van der Waals surface area contributed by atoms with Gasteiger partial charge in [0.2, 0.25) is 5.13 Å². The summed E-state index contributed by atoms with van der Waals surface area (Å²) in [5.41, 5.74) is 15.1. The van der Waals surface area contributed by atoms with Crippen molar-refractivity contribution in [3.63, 3.8) is 0 Å². The van der Waals surface area contributed by atoms with Crippen molar-refractivity contribution >= 4 is 47.2 Å². The number of nitrogens with one attached hydrogen (secondary N) is 1. The third-order valence-corrected chi connectivity index (χ3v) is 2.59. The molecule has 2 heterocycles. The molecule has 0 aliphatic rings. The fourth-order valence-corrected chi connectivity index (χ4v) is 1.91. The predicted octanol–water partition coefficient (Wildman–Crippen LogP) is 0.928. The molecule has 0 aromatic carbocycles. The second-order valence-corrected chi connectivity index (χ2v) is 3.76. The summed E-state index contributed by atoms with van der Waals surface area (Å²) in [4.78, 5) is 12.2. The molecule has 7 nitrogen and oxygen atoms in total. The van der Waals surface area contributed by atoms with Crippen LogP contribution in [0.5, 0.6) is 0 Å². The highest BCUT2D eigenvalue weighted by molar-refractivity contribution is 7.13. The maximum absolute atomic E-state index is 5.27. The maximum atomic E-state index is 5.27. The average Bonchev–Trinajstić information content (AvgIpc) is 2.83. The molecule has 0 radical (unpaired) electrons. The van der Waals surface area contributed by atoms with E-state index in [1.165, 1.54) is 11.3 Å². The summed E-state index contributed by atoms with van der Waals surface area (Å²) in [6.07, 6.45) is 3.37. The summed E-state index contributed by atoms with van der Waals surface area (Å²) in [5.74, 6) is 0.00280. The second-order valence-electron chi connectivity index (χ2n) is 2.92. The average molecular weight is 310 g/mol. The number of halogens is 2. The number of aliphatic imine (C=N–C) groups is 1. The van der Waals surface area contributed by atoms with Gasteiger partial charge in [-0.05, 0) is 0 Å². The van der Waals surface area contributed by atoms with Crippen LogP contribution in [-0.2, 0) is 0 Å². The molecule has 10 heteroatoms. The zero-order valence-corrected chi connectivity index (χ0v) is 11.8. The zero-order valence-electron chi connectivity index (χ0n) is 9.40. The molecule has 0 amide bonds. The SMILES string of the molecule is CNn1cncc1-c1csc(N=C(N)N)n1.Cl.Cl. The number of guanidine groups is 1. The van der Waals surface area contributed by atoms with Crippen molar-refractivity contribution in [1.29, 1.82) is 0 Å². The van der Waals surface area contributed by atoms with Crippen LogP contribution in [0.1, 0.15) is 0 Å². The van der Waals surface area contributed by atoms with E-state index in [1.807, 2.05) is 5.38 Å². The first-order valence-corrected chi connectivity index (χ1v) is 5.34. The Bertz CT molecular complexity index is 517. The molecule has 0 saturated carbocycles. The topological polar surface area (TPSA) is 107 Å². The van der Waals surface area contributed by atoms with Crippen molar-refractivity contribution in [1.82, 2.24) is 14.6 Å². The third kappa shape index (κ3) is 3.49. The van der Waals surface area contributed by atoms with E-state index in [9.17, 15) is 0 Å². The van der Waals surface area contributed by atoms with Gasteiger partial charge in [-0.2, -0.15) is 4.99 Å². The molecular formula is C8H13Cl2N7S. The Hall–Kier alpha value is -1.51. The van der Waals surface area contributed by atoms with E-state index in [-0.39, 0.29) is 30.8 Å². The quantitative estimate of drug-likeness (QED) is 0.577. The van der Waals surface area contributed by atoms with Crippen LogP contribution in [0, 0.1) is 0 Å². The van der Waals surface area contributed by atoms with Gasteiger partial charge in [0.25, 0.3) is 0 Å². The van der Waals surface area contributed by atoms with E-state index in [1.54, 1.807) is 24.2 Å². The summed E-state index contributed by atoms with van der Waals surface area (Å²) in [6, 6.07) is 0. The first-order valence-electron chi connectivity index (χ1n) is 4.46. The van der Waals surface area contributed by atoms with E-state index in [0.717, 1.165) is 11.4 Å². The molecule has 2 aromatic heterocycles. The summed E-state index contributed by atoms with van der Waals surface area (Å²) in [7, 11) is 1.80. The molecule has 100 valence electrons. The number of imidazole rings is 1. The lowest BCUT2D eigenvalue weighted by Gasteiger charge is -2.02. The normalized spacial score (nSPS) is 8.94. The van der Waals surface area contributed by atoms with Crippen LogP contribution in [0.25, 0.3) is 11.4 Å². The van der Waals surface area contributed by atoms with Gasteiger partial charge in [-0.3, -0.25) is 0 Å². The van der Waals surface area contributed by atoms with Crippen LogP contribution in [0.3, 0.4) is 0 Å². The lowest BCUT2D eigenvalue weighted by molar-refractivity contribution is 0.927. The Labute approximate surface area is 120 Å². The van der Waals surface area contributed by atoms with E-state index in [0.29, 0.717) is 5.13 Å². The molecule has 2 aromatic rings. The van der Waals surface area contributed by atoms with Gasteiger partial charge in [0.05, 0.1) is 6.20 Å². The molecule has 0 aliphatic heterocycles. The van der Waals surface area contributed by atoms with Crippen molar-refractivity contribution in [3.05, 3.63) is 17.9 Å². The van der Waals surface area contributed by atoms with Crippen molar-refractivity contribution < 1.29 is 0 Å². The number of rotatable bonds is 3. The number of nitrogens with zero attached hydrogens (tertiary/aromatic N) is 4. The van der Waals surface area contributed by atoms with Crippen LogP contribution < -0.4 is 16.9 Å². The molecule has 5 N–H and O–H groups in total. The molecule has 0 aliphatic carbocycles. The standard InChI is InChI=1S/C8H11N7S.2ClH/c1-11-15-4-12-2-6(15)5-3-16-8(13-5)14-7(9)10;;/h2-4,11H,1H3,(H4,9,10,13,14);2*1H. The number of hydrogen-bond acceptors (Lipinski definition) is 5. The molecule has 2 rings (SSSR count).